The monoisotopic (exact) mass is 367 g/mol. The van der Waals surface area contributed by atoms with Gasteiger partial charge in [-0.15, -0.1) is 0 Å². The molecule has 0 spiro atoms. The van der Waals surface area contributed by atoms with Crippen LogP contribution in [0.25, 0.3) is 0 Å². The van der Waals surface area contributed by atoms with Crippen molar-refractivity contribution in [3.8, 4) is 0 Å². The van der Waals surface area contributed by atoms with Crippen molar-refractivity contribution in [1.29, 1.82) is 0 Å². The van der Waals surface area contributed by atoms with Gasteiger partial charge in [0.2, 0.25) is 15.9 Å². The largest absolute Gasteiger partial charge is 0.376 e. The molecule has 2 rings (SSSR count). The third-order valence-corrected chi connectivity index (χ3v) is 6.17. The number of rotatable bonds is 6. The molecule has 1 aliphatic heterocycles. The summed E-state index contributed by atoms with van der Waals surface area (Å²) in [4.78, 5) is 14.3. The average molecular weight is 368 g/mol. The quantitative estimate of drug-likeness (QED) is 0.839. The lowest BCUT2D eigenvalue weighted by atomic mass is 10.1. The van der Waals surface area contributed by atoms with Crippen LogP contribution in [0.2, 0.25) is 0 Å². The first-order valence-corrected chi connectivity index (χ1v) is 10.3. The Morgan fingerprint density at radius 3 is 2.40 bits per heavy atom. The van der Waals surface area contributed by atoms with Gasteiger partial charge in [-0.05, 0) is 37.0 Å². The molecule has 1 N–H and O–H groups in total. The number of hydrogen-bond acceptors (Lipinski definition) is 4. The van der Waals surface area contributed by atoms with E-state index in [4.69, 9.17) is 0 Å². The Kier molecular flexibility index (Phi) is 6.46. The number of nitrogens with zero attached hydrogens (tertiary/aromatic N) is 2. The summed E-state index contributed by atoms with van der Waals surface area (Å²) in [7, 11) is 0.212. The van der Waals surface area contributed by atoms with Gasteiger partial charge in [0, 0.05) is 33.6 Å². The second-order valence-corrected chi connectivity index (χ2v) is 9.12. The molecule has 0 saturated carbocycles. The van der Waals surface area contributed by atoms with Gasteiger partial charge in [-0.25, -0.2) is 8.42 Å². The van der Waals surface area contributed by atoms with Gasteiger partial charge in [0.15, 0.2) is 0 Å². The minimum absolute atomic E-state index is 0.106. The summed E-state index contributed by atoms with van der Waals surface area (Å²) in [6.07, 6.45) is 3.26. The molecule has 0 aliphatic carbocycles. The van der Waals surface area contributed by atoms with Crippen LogP contribution >= 0.6 is 0 Å². The summed E-state index contributed by atoms with van der Waals surface area (Å²) in [6, 6.07) is 4.96. The van der Waals surface area contributed by atoms with Crippen molar-refractivity contribution in [2.24, 2.45) is 5.92 Å². The summed E-state index contributed by atoms with van der Waals surface area (Å²) >= 11 is 0. The van der Waals surface area contributed by atoms with Gasteiger partial charge in [-0.1, -0.05) is 20.3 Å². The first kappa shape index (κ1) is 19.7. The number of sulfonamides is 1. The zero-order valence-electron chi connectivity index (χ0n) is 15.6. The molecular formula is C18H29N3O3S. The van der Waals surface area contributed by atoms with Crippen LogP contribution in [0.3, 0.4) is 0 Å². The lowest BCUT2D eigenvalue weighted by Gasteiger charge is -2.26. The number of benzene rings is 1. The highest BCUT2D eigenvalue weighted by molar-refractivity contribution is 7.89. The Bertz CT molecular complexity index is 708. The van der Waals surface area contributed by atoms with E-state index in [1.54, 1.807) is 22.5 Å². The highest BCUT2D eigenvalue weighted by atomic mass is 32.2. The summed E-state index contributed by atoms with van der Waals surface area (Å²) in [5.74, 6) is 0.133. The summed E-state index contributed by atoms with van der Waals surface area (Å²) in [5.41, 5.74) is 1.32. The van der Waals surface area contributed by atoms with Crippen LogP contribution < -0.4 is 10.2 Å². The maximum atomic E-state index is 12.9. The molecule has 1 aromatic carbocycles. The summed E-state index contributed by atoms with van der Waals surface area (Å²) < 4.78 is 27.3. The molecule has 7 heteroatoms. The van der Waals surface area contributed by atoms with Crippen molar-refractivity contribution in [2.75, 3.05) is 37.4 Å². The molecule has 1 aromatic rings. The predicted molar refractivity (Wildman–Crippen MR) is 101 cm³/mol. The minimum Gasteiger partial charge on any atom is -0.376 e. The van der Waals surface area contributed by atoms with Crippen LogP contribution in [0, 0.1) is 5.92 Å². The fourth-order valence-corrected chi connectivity index (χ4v) is 4.54. The van der Waals surface area contributed by atoms with E-state index in [1.807, 2.05) is 32.8 Å². The number of piperidine rings is 1. The van der Waals surface area contributed by atoms with E-state index < -0.39 is 10.0 Å². The number of amides is 1. The van der Waals surface area contributed by atoms with Crippen molar-refractivity contribution in [1.82, 2.24) is 4.31 Å². The molecule has 0 unspecified atom stereocenters. The highest BCUT2D eigenvalue weighted by Gasteiger charge is 2.27. The molecule has 25 heavy (non-hydrogen) atoms. The second-order valence-electron chi connectivity index (χ2n) is 7.18. The minimum atomic E-state index is -3.52. The Labute approximate surface area is 151 Å². The molecule has 1 aliphatic rings. The molecule has 1 amide bonds. The topological polar surface area (TPSA) is 69.7 Å². The second kappa shape index (κ2) is 8.19. The van der Waals surface area contributed by atoms with Crippen molar-refractivity contribution < 1.29 is 13.2 Å². The maximum Gasteiger partial charge on any atom is 0.243 e. The van der Waals surface area contributed by atoms with Crippen LogP contribution in [-0.4, -0.2) is 45.8 Å². The van der Waals surface area contributed by atoms with E-state index >= 15 is 0 Å². The van der Waals surface area contributed by atoms with Gasteiger partial charge in [-0.2, -0.15) is 4.31 Å². The number of hydrogen-bond donors (Lipinski definition) is 1. The normalized spacial score (nSPS) is 16.0. The molecule has 1 saturated heterocycles. The zero-order chi connectivity index (χ0) is 18.6. The van der Waals surface area contributed by atoms with Crippen LogP contribution in [0.5, 0.6) is 0 Å². The van der Waals surface area contributed by atoms with Gasteiger partial charge >= 0.3 is 0 Å². The first-order chi connectivity index (χ1) is 11.7. The zero-order valence-corrected chi connectivity index (χ0v) is 16.4. The molecule has 0 radical (unpaired) electrons. The van der Waals surface area contributed by atoms with Crippen molar-refractivity contribution in [3.05, 3.63) is 18.2 Å². The van der Waals surface area contributed by atoms with E-state index in [-0.39, 0.29) is 16.7 Å². The van der Waals surface area contributed by atoms with Crippen LogP contribution in [0.4, 0.5) is 11.4 Å². The Morgan fingerprint density at radius 1 is 1.20 bits per heavy atom. The van der Waals surface area contributed by atoms with E-state index in [2.05, 4.69) is 5.32 Å². The van der Waals surface area contributed by atoms with E-state index in [1.165, 1.54) is 0 Å². The van der Waals surface area contributed by atoms with Crippen LogP contribution in [0.1, 0.15) is 39.5 Å². The number of carbonyl (C=O) groups is 1. The average Bonchev–Trinajstić information content (AvgIpc) is 2.54. The van der Waals surface area contributed by atoms with Gasteiger partial charge in [0.25, 0.3) is 0 Å². The standard InChI is InChI=1S/C18H29N3O3S/c1-14(2)12-18(22)19-16-13-15(8-9-17(16)20(3)4)25(23,24)21-10-6-5-7-11-21/h8-9,13-14H,5-7,10-12H2,1-4H3,(H,19,22). The van der Waals surface area contributed by atoms with E-state index in [0.29, 0.717) is 25.2 Å². The number of carbonyl (C=O) groups excluding carboxylic acids is 1. The van der Waals surface area contributed by atoms with E-state index in [0.717, 1.165) is 24.9 Å². The number of nitrogens with one attached hydrogen (secondary N) is 1. The third-order valence-electron chi connectivity index (χ3n) is 4.27. The van der Waals surface area contributed by atoms with Crippen molar-refractivity contribution >= 4 is 27.3 Å². The van der Waals surface area contributed by atoms with Crippen molar-refractivity contribution in [2.45, 2.75) is 44.4 Å². The molecule has 6 nitrogen and oxygen atoms in total. The Balaban J connectivity index is 2.34. The Morgan fingerprint density at radius 2 is 1.84 bits per heavy atom. The predicted octanol–water partition coefficient (Wildman–Crippen LogP) is 2.91. The molecule has 1 heterocycles. The smallest absolute Gasteiger partial charge is 0.243 e. The lowest BCUT2D eigenvalue weighted by Crippen LogP contribution is -2.35. The maximum absolute atomic E-state index is 12.9. The third kappa shape index (κ3) is 4.95. The fraction of sp³-hybridized carbons (Fsp3) is 0.611. The fourth-order valence-electron chi connectivity index (χ4n) is 2.99. The first-order valence-electron chi connectivity index (χ1n) is 8.83. The molecule has 0 atom stereocenters. The van der Waals surface area contributed by atoms with Crippen LogP contribution in [0.15, 0.2) is 23.1 Å². The van der Waals surface area contributed by atoms with Gasteiger partial charge in [0.1, 0.15) is 0 Å². The summed E-state index contributed by atoms with van der Waals surface area (Å²) in [5, 5.41) is 2.88. The summed E-state index contributed by atoms with van der Waals surface area (Å²) in [6.45, 7) is 5.08. The molecule has 0 aromatic heterocycles. The van der Waals surface area contributed by atoms with Gasteiger partial charge < -0.3 is 10.2 Å². The van der Waals surface area contributed by atoms with E-state index in [9.17, 15) is 13.2 Å². The molecular weight excluding hydrogens is 338 g/mol. The molecule has 140 valence electrons. The van der Waals surface area contributed by atoms with Crippen LogP contribution in [-0.2, 0) is 14.8 Å². The lowest BCUT2D eigenvalue weighted by molar-refractivity contribution is -0.116. The number of anilines is 2. The highest BCUT2D eigenvalue weighted by Crippen LogP contribution is 2.30. The molecule has 0 bridgehead atoms. The SMILES string of the molecule is CC(C)CC(=O)Nc1cc(S(=O)(=O)N2CCCCC2)ccc1N(C)C. The molecule has 1 fully saturated rings. The van der Waals surface area contributed by atoms with Gasteiger partial charge in [0.05, 0.1) is 16.3 Å². The Hall–Kier alpha value is -1.60. The van der Waals surface area contributed by atoms with Crippen molar-refractivity contribution in [3.63, 3.8) is 0 Å². The van der Waals surface area contributed by atoms with Gasteiger partial charge in [-0.3, -0.25) is 4.79 Å².